The van der Waals surface area contributed by atoms with Gasteiger partial charge in [-0.05, 0) is 64.2 Å². The van der Waals surface area contributed by atoms with Gasteiger partial charge in [0.25, 0.3) is 0 Å². The van der Waals surface area contributed by atoms with Crippen LogP contribution in [0.5, 0.6) is 0 Å². The summed E-state index contributed by atoms with van der Waals surface area (Å²) in [7, 11) is -4.61. The zero-order valence-electron chi connectivity index (χ0n) is 36.4. The smallest absolute Gasteiger partial charge is 0.472 e. The van der Waals surface area contributed by atoms with E-state index < -0.39 is 44.3 Å². The minimum Gasteiger partial charge on any atom is -0.481 e. The van der Waals surface area contributed by atoms with Crippen molar-refractivity contribution in [2.45, 2.75) is 213 Å². The number of hydrogen-bond donors (Lipinski definition) is 3. The number of allylic oxidation sites excluding steroid dienone is 4. The number of aliphatic carboxylic acids is 1. The molecule has 13 heteroatoms. The van der Waals surface area contributed by atoms with Crippen LogP contribution >= 0.6 is 7.82 Å². The number of carbonyl (C=O) groups is 4. The van der Waals surface area contributed by atoms with Crippen molar-refractivity contribution < 1.29 is 52.3 Å². The quantitative estimate of drug-likeness (QED) is 0.0230. The van der Waals surface area contributed by atoms with E-state index in [2.05, 4.69) is 43.5 Å². The van der Waals surface area contributed by atoms with E-state index in [4.69, 9.17) is 23.6 Å². The predicted octanol–water partition coefficient (Wildman–Crippen LogP) is 11.6. The molecule has 12 nitrogen and oxygen atoms in total. The summed E-state index contributed by atoms with van der Waals surface area (Å²) in [6.07, 6.45) is 37.5. The molecule has 3 N–H and O–H groups in total. The highest BCUT2D eigenvalue weighted by Crippen LogP contribution is 2.43. The molecule has 0 aromatic rings. The van der Waals surface area contributed by atoms with Crippen molar-refractivity contribution >= 4 is 31.6 Å². The number of amides is 1. The van der Waals surface area contributed by atoms with E-state index in [0.29, 0.717) is 12.8 Å². The second-order valence-electron chi connectivity index (χ2n) is 15.3. The summed E-state index contributed by atoms with van der Waals surface area (Å²) in [5.74, 6) is -2.62. The average molecular weight is 844 g/mol. The molecule has 58 heavy (non-hydrogen) atoms. The molecule has 1 amide bonds. The van der Waals surface area contributed by atoms with Crippen molar-refractivity contribution in [3.05, 3.63) is 24.3 Å². The summed E-state index contributed by atoms with van der Waals surface area (Å²) in [6.45, 7) is 3.07. The number of carboxylic acids is 1. The highest BCUT2D eigenvalue weighted by Gasteiger charge is 2.26. The summed E-state index contributed by atoms with van der Waals surface area (Å²) in [6, 6.07) is 0. The van der Waals surface area contributed by atoms with Crippen molar-refractivity contribution in [3.8, 4) is 0 Å². The lowest BCUT2D eigenvalue weighted by Gasteiger charge is -2.20. The lowest BCUT2D eigenvalue weighted by atomic mass is 10.1. The van der Waals surface area contributed by atoms with Crippen LogP contribution in [0.1, 0.15) is 206 Å². The number of hydrogen-bond acceptors (Lipinski definition) is 9. The zero-order valence-corrected chi connectivity index (χ0v) is 37.3. The molecule has 0 aliphatic heterocycles. The number of phosphoric acid groups is 1. The summed E-state index contributed by atoms with van der Waals surface area (Å²) in [5.41, 5.74) is 0. The van der Waals surface area contributed by atoms with E-state index in [0.717, 1.165) is 77.0 Å². The maximum atomic E-state index is 12.7. The fourth-order valence-corrected chi connectivity index (χ4v) is 6.93. The van der Waals surface area contributed by atoms with Gasteiger partial charge < -0.3 is 24.8 Å². The molecule has 0 saturated carbocycles. The number of unbranched alkanes of at least 4 members (excludes halogenated alkanes) is 22. The lowest BCUT2D eigenvalue weighted by Crippen LogP contribution is -2.30. The summed E-state index contributed by atoms with van der Waals surface area (Å²) >= 11 is 0. The highest BCUT2D eigenvalue weighted by molar-refractivity contribution is 7.47. The first-order valence-electron chi connectivity index (χ1n) is 22.8. The van der Waals surface area contributed by atoms with E-state index in [9.17, 15) is 28.6 Å². The van der Waals surface area contributed by atoms with Crippen molar-refractivity contribution in [2.75, 3.05) is 26.4 Å². The van der Waals surface area contributed by atoms with Crippen molar-refractivity contribution in [1.29, 1.82) is 0 Å². The van der Waals surface area contributed by atoms with Crippen LogP contribution in [0.15, 0.2) is 24.3 Å². The summed E-state index contributed by atoms with van der Waals surface area (Å²) < 4.78 is 33.3. The van der Waals surface area contributed by atoms with Crippen LogP contribution in [0.3, 0.4) is 0 Å². The Morgan fingerprint density at radius 1 is 0.552 bits per heavy atom. The van der Waals surface area contributed by atoms with E-state index in [1.165, 1.54) is 77.0 Å². The van der Waals surface area contributed by atoms with Crippen LogP contribution in [0, 0.1) is 0 Å². The molecule has 0 spiro atoms. The van der Waals surface area contributed by atoms with Gasteiger partial charge in [0, 0.05) is 25.8 Å². The Morgan fingerprint density at radius 2 is 0.983 bits per heavy atom. The molecule has 0 aromatic carbocycles. The van der Waals surface area contributed by atoms with E-state index in [1.807, 2.05) is 0 Å². The second kappa shape index (κ2) is 41.2. The number of phosphoric ester groups is 1. The summed E-state index contributed by atoms with van der Waals surface area (Å²) in [5, 5.41) is 11.1. The predicted molar refractivity (Wildman–Crippen MR) is 231 cm³/mol. The Bertz CT molecular complexity index is 1130. The van der Waals surface area contributed by atoms with Crippen LogP contribution in [0.2, 0.25) is 0 Å². The second-order valence-corrected chi connectivity index (χ2v) is 16.8. The third kappa shape index (κ3) is 41.6. The Balaban J connectivity index is 4.52. The Labute approximate surface area is 351 Å². The summed E-state index contributed by atoms with van der Waals surface area (Å²) in [4.78, 5) is 57.6. The number of esters is 2. The average Bonchev–Trinajstić information content (AvgIpc) is 3.19. The van der Waals surface area contributed by atoms with Gasteiger partial charge in [-0.1, -0.05) is 141 Å². The zero-order chi connectivity index (χ0) is 42.8. The lowest BCUT2D eigenvalue weighted by molar-refractivity contribution is -0.161. The first kappa shape index (κ1) is 55.5. The number of nitrogens with one attached hydrogen (secondary N) is 1. The van der Waals surface area contributed by atoms with Crippen LogP contribution < -0.4 is 5.32 Å². The maximum absolute atomic E-state index is 12.7. The largest absolute Gasteiger partial charge is 0.481 e. The third-order valence-electron chi connectivity index (χ3n) is 9.68. The molecule has 0 radical (unpaired) electrons. The van der Waals surface area contributed by atoms with E-state index in [1.54, 1.807) is 0 Å². The molecule has 0 aromatic heterocycles. The van der Waals surface area contributed by atoms with Gasteiger partial charge in [-0.15, -0.1) is 0 Å². The first-order chi connectivity index (χ1) is 28.1. The van der Waals surface area contributed by atoms with Crippen molar-refractivity contribution in [1.82, 2.24) is 5.32 Å². The van der Waals surface area contributed by atoms with Gasteiger partial charge in [0.2, 0.25) is 5.91 Å². The van der Waals surface area contributed by atoms with Gasteiger partial charge in [0.1, 0.15) is 6.61 Å². The minimum atomic E-state index is -4.61. The maximum Gasteiger partial charge on any atom is 0.472 e. The Kier molecular flexibility index (Phi) is 39.4. The number of carbonyl (C=O) groups excluding carboxylic acids is 3. The monoisotopic (exact) mass is 844 g/mol. The highest BCUT2D eigenvalue weighted by atomic mass is 31.2. The van der Waals surface area contributed by atoms with Crippen LogP contribution in [-0.4, -0.2) is 66.3 Å². The van der Waals surface area contributed by atoms with Crippen LogP contribution in [0.4, 0.5) is 0 Å². The topological polar surface area (TPSA) is 175 Å². The molecular weight excluding hydrogens is 761 g/mol. The number of carboxylic acid groups (broad SMARTS) is 1. The van der Waals surface area contributed by atoms with Crippen molar-refractivity contribution in [2.24, 2.45) is 0 Å². The van der Waals surface area contributed by atoms with Crippen LogP contribution in [0.25, 0.3) is 0 Å². The Hall–Kier alpha value is -2.53. The van der Waals surface area contributed by atoms with Gasteiger partial charge >= 0.3 is 25.7 Å². The molecule has 0 bridgehead atoms. The molecule has 0 rings (SSSR count). The van der Waals surface area contributed by atoms with Gasteiger partial charge in [-0.25, -0.2) is 4.57 Å². The Morgan fingerprint density at radius 3 is 1.45 bits per heavy atom. The molecule has 2 unspecified atom stereocenters. The molecule has 338 valence electrons. The first-order valence-corrected chi connectivity index (χ1v) is 24.3. The minimum absolute atomic E-state index is 0.144. The molecule has 0 aliphatic carbocycles. The standard InChI is InChI=1S/C45H82NO11P/c1-3-5-7-9-11-13-15-17-19-21-23-25-27-29-31-33-44(50)54-39-41(40-56-58(52,53)55-38-37-46-42(47)35-36-43(48)49)57-45(51)34-32-30-28-26-24-22-20-18-16-14-12-10-8-6-4-2/h17-20,41H,3-16,21-40H2,1-2H3,(H,46,47)(H,48,49)(H,52,53). The molecule has 0 heterocycles. The van der Waals surface area contributed by atoms with Gasteiger partial charge in [-0.2, -0.15) is 0 Å². The number of ether oxygens (including phenoxy) is 2. The fraction of sp³-hybridized carbons (Fsp3) is 0.822. The molecule has 2 atom stereocenters. The normalized spacial score (nSPS) is 13.2. The van der Waals surface area contributed by atoms with E-state index in [-0.39, 0.29) is 45.4 Å². The fourth-order valence-electron chi connectivity index (χ4n) is 6.17. The SMILES string of the molecule is CCCCCCCCC=CCCCCCCCC(=O)OCC(COP(=O)(O)OCCNC(=O)CCC(=O)O)OC(=O)CCCCCCCC=CCCCCCCCC. The van der Waals surface area contributed by atoms with Crippen molar-refractivity contribution in [3.63, 3.8) is 0 Å². The van der Waals surface area contributed by atoms with Gasteiger partial charge in [-0.3, -0.25) is 28.2 Å². The third-order valence-corrected chi connectivity index (χ3v) is 10.7. The van der Waals surface area contributed by atoms with E-state index >= 15 is 0 Å². The molecular formula is C45H82NO11P. The van der Waals surface area contributed by atoms with Crippen LogP contribution in [-0.2, 0) is 42.3 Å². The molecule has 0 saturated heterocycles. The molecule has 0 aliphatic rings. The number of rotatable bonds is 43. The van der Waals surface area contributed by atoms with Gasteiger partial charge in [0.05, 0.1) is 19.6 Å². The van der Waals surface area contributed by atoms with Gasteiger partial charge in [0.15, 0.2) is 6.10 Å². The molecule has 0 fully saturated rings.